The van der Waals surface area contributed by atoms with Gasteiger partial charge in [0.15, 0.2) is 11.6 Å². The van der Waals surface area contributed by atoms with Gasteiger partial charge >= 0.3 is 0 Å². The van der Waals surface area contributed by atoms with Crippen molar-refractivity contribution < 1.29 is 21.6 Å². The molecular weight excluding hydrogens is 481 g/mol. The molecule has 1 heterocycles. The van der Waals surface area contributed by atoms with Crippen molar-refractivity contribution in [2.24, 2.45) is 0 Å². The van der Waals surface area contributed by atoms with Gasteiger partial charge in [-0.25, -0.2) is 22.3 Å². The molecule has 0 amide bonds. The molecule has 3 aromatic rings. The highest BCUT2D eigenvalue weighted by Gasteiger charge is 2.24. The van der Waals surface area contributed by atoms with Crippen molar-refractivity contribution in [2.75, 3.05) is 17.1 Å². The quantitative estimate of drug-likeness (QED) is 0.469. The van der Waals surface area contributed by atoms with Gasteiger partial charge in [0.1, 0.15) is 11.5 Å². The summed E-state index contributed by atoms with van der Waals surface area (Å²) in [5.41, 5.74) is -0.646. The molecule has 6 nitrogen and oxygen atoms in total. The minimum atomic E-state index is -4.09. The van der Waals surface area contributed by atoms with Crippen LogP contribution < -0.4 is 14.8 Å². The number of anilines is 3. The van der Waals surface area contributed by atoms with Gasteiger partial charge < -0.3 is 5.32 Å². The predicted octanol–water partition coefficient (Wildman–Crippen LogP) is 4.61. The Bertz CT molecular complexity index is 1130. The van der Waals surface area contributed by atoms with E-state index in [1.807, 2.05) is 4.72 Å². The van der Waals surface area contributed by atoms with E-state index in [0.29, 0.717) is 10.0 Å². The first-order valence-electron chi connectivity index (χ1n) is 7.57. The molecule has 12 heteroatoms. The summed E-state index contributed by atoms with van der Waals surface area (Å²) >= 11 is 4.15. The molecule has 0 aliphatic carbocycles. The number of halogens is 4. The molecule has 3 rings (SSSR count). The molecule has 0 saturated heterocycles. The highest BCUT2D eigenvalue weighted by atomic mass is 79.9. The van der Waals surface area contributed by atoms with E-state index in [2.05, 4.69) is 30.3 Å². The Morgan fingerprint density at radius 1 is 1.11 bits per heavy atom. The molecule has 0 bridgehead atoms. The van der Waals surface area contributed by atoms with Crippen molar-refractivity contribution >= 4 is 54.7 Å². The smallest absolute Gasteiger partial charge is 0.298 e. The first-order valence-corrected chi connectivity index (χ1v) is 10.7. The summed E-state index contributed by atoms with van der Waals surface area (Å²) < 4.78 is 75.7. The van der Waals surface area contributed by atoms with Crippen molar-refractivity contribution in [3.05, 3.63) is 57.8 Å². The second kappa shape index (κ2) is 8.07. The minimum absolute atomic E-state index is 0.0338. The standard InChI is InChI=1S/C16H12BrF3N4O2S2/c1-21-28(25,26)24-15-10(8-6-22-27-7-8)5-12(19)14(20)16(15)23-13-3-2-9(17)4-11(13)18/h2-7,21,23-24H,1H3. The third-order valence-corrected chi connectivity index (χ3v) is 5.75. The molecule has 2 aromatic carbocycles. The van der Waals surface area contributed by atoms with Crippen LogP contribution in [0.15, 0.2) is 40.3 Å². The summed E-state index contributed by atoms with van der Waals surface area (Å²) in [6.07, 6.45) is 1.37. The predicted molar refractivity (Wildman–Crippen MR) is 106 cm³/mol. The molecule has 0 unspecified atom stereocenters. The molecule has 3 N–H and O–H groups in total. The van der Waals surface area contributed by atoms with E-state index >= 15 is 0 Å². The zero-order valence-corrected chi connectivity index (χ0v) is 17.3. The van der Waals surface area contributed by atoms with Crippen LogP contribution in [0.2, 0.25) is 0 Å². The Morgan fingerprint density at radius 3 is 2.46 bits per heavy atom. The van der Waals surface area contributed by atoms with Crippen LogP contribution in [-0.2, 0) is 10.2 Å². The number of aromatic nitrogens is 1. The zero-order chi connectivity index (χ0) is 20.5. The first kappa shape index (κ1) is 20.6. The average molecular weight is 493 g/mol. The largest absolute Gasteiger partial charge is 0.349 e. The molecule has 0 aliphatic heterocycles. The van der Waals surface area contributed by atoms with Crippen molar-refractivity contribution in [2.45, 2.75) is 0 Å². The maximum Gasteiger partial charge on any atom is 0.298 e. The van der Waals surface area contributed by atoms with Crippen molar-refractivity contribution in [1.82, 2.24) is 9.10 Å². The fourth-order valence-electron chi connectivity index (χ4n) is 2.33. The average Bonchev–Trinajstić information content (AvgIpc) is 3.17. The van der Waals surface area contributed by atoms with E-state index in [-0.39, 0.29) is 16.9 Å². The second-order valence-corrected chi connectivity index (χ2v) is 8.63. The summed E-state index contributed by atoms with van der Waals surface area (Å²) in [6, 6.07) is 4.76. The molecule has 28 heavy (non-hydrogen) atoms. The van der Waals surface area contributed by atoms with E-state index < -0.39 is 33.3 Å². The fraction of sp³-hybridized carbons (Fsp3) is 0.0625. The van der Waals surface area contributed by atoms with Gasteiger partial charge in [-0.3, -0.25) is 4.72 Å². The number of nitrogens with one attached hydrogen (secondary N) is 3. The van der Waals surface area contributed by atoms with Crippen LogP contribution in [0.5, 0.6) is 0 Å². The van der Waals surface area contributed by atoms with Crippen LogP contribution in [0.3, 0.4) is 0 Å². The highest BCUT2D eigenvalue weighted by Crippen LogP contribution is 2.40. The van der Waals surface area contributed by atoms with E-state index in [1.165, 1.54) is 23.7 Å². The molecule has 0 saturated carbocycles. The normalized spacial score (nSPS) is 11.5. The molecule has 148 valence electrons. The van der Waals surface area contributed by atoms with Crippen LogP contribution >= 0.6 is 27.5 Å². The van der Waals surface area contributed by atoms with Gasteiger partial charge in [-0.15, -0.1) is 0 Å². The van der Waals surface area contributed by atoms with Crippen LogP contribution in [0, 0.1) is 17.5 Å². The molecule has 0 radical (unpaired) electrons. The molecule has 0 aliphatic rings. The van der Waals surface area contributed by atoms with Crippen LogP contribution in [0.1, 0.15) is 0 Å². The van der Waals surface area contributed by atoms with Crippen molar-refractivity contribution in [3.8, 4) is 11.1 Å². The molecule has 1 aromatic heterocycles. The summed E-state index contributed by atoms with van der Waals surface area (Å²) in [5, 5.41) is 3.98. The third-order valence-electron chi connectivity index (χ3n) is 3.66. The minimum Gasteiger partial charge on any atom is -0.349 e. The third kappa shape index (κ3) is 4.29. The lowest BCUT2D eigenvalue weighted by Crippen LogP contribution is -2.27. The van der Waals surface area contributed by atoms with Gasteiger partial charge in [-0.2, -0.15) is 8.42 Å². The zero-order valence-electron chi connectivity index (χ0n) is 14.1. The van der Waals surface area contributed by atoms with Crippen molar-refractivity contribution in [1.29, 1.82) is 0 Å². The maximum atomic E-state index is 14.6. The van der Waals surface area contributed by atoms with Gasteiger partial charge in [0.05, 0.1) is 11.4 Å². The number of rotatable bonds is 6. The summed E-state index contributed by atoms with van der Waals surface area (Å²) in [5.74, 6) is -3.36. The topological polar surface area (TPSA) is 83.1 Å². The van der Waals surface area contributed by atoms with Crippen LogP contribution in [0.25, 0.3) is 11.1 Å². The Labute approximate surface area is 171 Å². The Balaban J connectivity index is 2.24. The summed E-state index contributed by atoms with van der Waals surface area (Å²) in [4.78, 5) is 0. The Hall–Kier alpha value is -2.15. The monoisotopic (exact) mass is 492 g/mol. The highest BCUT2D eigenvalue weighted by molar-refractivity contribution is 9.10. The molecule has 0 atom stereocenters. The lowest BCUT2D eigenvalue weighted by Gasteiger charge is -2.19. The summed E-state index contributed by atoms with van der Waals surface area (Å²) in [6.45, 7) is 0. The number of hydrogen-bond acceptors (Lipinski definition) is 5. The van der Waals surface area contributed by atoms with Gasteiger partial charge in [0.25, 0.3) is 10.2 Å². The van der Waals surface area contributed by atoms with E-state index in [9.17, 15) is 21.6 Å². The van der Waals surface area contributed by atoms with E-state index in [1.54, 1.807) is 0 Å². The van der Waals surface area contributed by atoms with E-state index in [0.717, 1.165) is 30.7 Å². The molecular formula is C16H12BrF3N4O2S2. The first-order chi connectivity index (χ1) is 13.2. The van der Waals surface area contributed by atoms with Crippen molar-refractivity contribution in [3.63, 3.8) is 0 Å². The maximum absolute atomic E-state index is 14.6. The molecule has 0 fully saturated rings. The second-order valence-electron chi connectivity index (χ2n) is 5.44. The Morgan fingerprint density at radius 2 is 1.86 bits per heavy atom. The molecule has 0 spiro atoms. The number of hydrogen-bond donors (Lipinski definition) is 3. The van der Waals surface area contributed by atoms with Gasteiger partial charge in [0.2, 0.25) is 0 Å². The van der Waals surface area contributed by atoms with E-state index in [4.69, 9.17) is 0 Å². The summed E-state index contributed by atoms with van der Waals surface area (Å²) in [7, 11) is -2.95. The number of benzene rings is 2. The number of nitrogens with zero attached hydrogens (tertiary/aromatic N) is 1. The van der Waals surface area contributed by atoms with Gasteiger partial charge in [-0.05, 0) is 35.8 Å². The SMILES string of the molecule is CNS(=O)(=O)Nc1c(-c2cnsc2)cc(F)c(F)c1Nc1ccc(Br)cc1F. The van der Waals surface area contributed by atoms with Crippen LogP contribution in [-0.4, -0.2) is 19.8 Å². The van der Waals surface area contributed by atoms with Crippen LogP contribution in [0.4, 0.5) is 30.2 Å². The lowest BCUT2D eigenvalue weighted by molar-refractivity contribution is 0.512. The van der Waals surface area contributed by atoms with Gasteiger partial charge in [-0.1, -0.05) is 15.9 Å². The lowest BCUT2D eigenvalue weighted by atomic mass is 10.1. The fourth-order valence-corrected chi connectivity index (χ4v) is 3.78. The van der Waals surface area contributed by atoms with Gasteiger partial charge in [0, 0.05) is 34.2 Å². The Kier molecular flexibility index (Phi) is 5.93.